The predicted octanol–water partition coefficient (Wildman–Crippen LogP) is -4.00. The molecule has 0 saturated carbocycles. The van der Waals surface area contributed by atoms with Gasteiger partial charge in [-0.25, -0.2) is 4.79 Å². The third-order valence-corrected chi connectivity index (χ3v) is 5.21. The summed E-state index contributed by atoms with van der Waals surface area (Å²) in [4.78, 5) is 57.6. The molecule has 37 heavy (non-hydrogen) atoms. The van der Waals surface area contributed by atoms with Crippen molar-refractivity contribution >= 4 is 35.6 Å². The molecule has 0 radical (unpaired) electrons. The highest BCUT2D eigenvalue weighted by Crippen LogP contribution is 2.08. The van der Waals surface area contributed by atoms with Crippen LogP contribution in [0.15, 0.2) is 9.98 Å². The van der Waals surface area contributed by atoms with Crippen LogP contribution in [0.5, 0.6) is 0 Å². The monoisotopic (exact) mass is 530 g/mol. The number of nitrogens with zero attached hydrogens (tertiary/aromatic N) is 2. The number of aliphatic hydroxyl groups is 1. The Hall–Kier alpha value is -3.66. The van der Waals surface area contributed by atoms with Gasteiger partial charge in [-0.1, -0.05) is 13.8 Å². The van der Waals surface area contributed by atoms with Crippen LogP contribution in [0.1, 0.15) is 46.5 Å². The second-order valence-corrected chi connectivity index (χ2v) is 8.85. The molecule has 0 rings (SSSR count). The summed E-state index contributed by atoms with van der Waals surface area (Å²) in [7, 11) is 0. The molecule has 0 aliphatic rings. The molecule has 0 heterocycles. The van der Waals surface area contributed by atoms with Crippen molar-refractivity contribution < 1.29 is 29.4 Å². The topological polar surface area (TPSA) is 300 Å². The molecule has 212 valence electrons. The number of hydrogen-bond donors (Lipinski definition) is 10. The summed E-state index contributed by atoms with van der Waals surface area (Å²) in [6, 6.07) is -4.77. The number of carboxylic acids is 1. The number of hydrogen-bond acceptors (Lipinski definition) is 8. The number of carbonyl (C=O) groups is 4. The fourth-order valence-corrected chi connectivity index (χ4v) is 3.07. The van der Waals surface area contributed by atoms with Gasteiger partial charge in [0.15, 0.2) is 11.9 Å². The molecular formula is C21H42N10O6. The Morgan fingerprint density at radius 3 is 1.62 bits per heavy atom. The summed E-state index contributed by atoms with van der Waals surface area (Å²) in [6.07, 6.45) is -0.427. The van der Waals surface area contributed by atoms with Gasteiger partial charge in [-0.2, -0.15) is 0 Å². The van der Waals surface area contributed by atoms with Gasteiger partial charge in [0.2, 0.25) is 17.7 Å². The first kappa shape index (κ1) is 33.3. The van der Waals surface area contributed by atoms with E-state index in [9.17, 15) is 29.4 Å². The number of guanidine groups is 2. The highest BCUT2D eigenvalue weighted by Gasteiger charge is 2.32. The second-order valence-electron chi connectivity index (χ2n) is 8.85. The molecule has 0 aromatic heterocycles. The third kappa shape index (κ3) is 13.9. The molecular weight excluding hydrogens is 488 g/mol. The van der Waals surface area contributed by atoms with Gasteiger partial charge in [0.1, 0.15) is 24.2 Å². The summed E-state index contributed by atoms with van der Waals surface area (Å²) in [5.74, 6) is -4.15. The van der Waals surface area contributed by atoms with Crippen LogP contribution >= 0.6 is 0 Å². The molecule has 0 saturated heterocycles. The van der Waals surface area contributed by atoms with Crippen molar-refractivity contribution in [2.45, 2.75) is 76.7 Å². The summed E-state index contributed by atoms with van der Waals surface area (Å²) in [5, 5.41) is 26.5. The van der Waals surface area contributed by atoms with Crippen molar-refractivity contribution in [1.82, 2.24) is 16.0 Å². The van der Waals surface area contributed by atoms with Crippen molar-refractivity contribution in [1.29, 1.82) is 0 Å². The lowest BCUT2D eigenvalue weighted by molar-refractivity contribution is -0.142. The maximum atomic E-state index is 13.1. The molecule has 0 fully saturated rings. The Bertz CT molecular complexity index is 825. The molecule has 0 spiro atoms. The van der Waals surface area contributed by atoms with E-state index in [2.05, 4.69) is 25.9 Å². The summed E-state index contributed by atoms with van der Waals surface area (Å²) < 4.78 is 0. The highest BCUT2D eigenvalue weighted by atomic mass is 16.4. The smallest absolute Gasteiger partial charge is 0.326 e. The Kier molecular flexibility index (Phi) is 15.2. The minimum atomic E-state index is -1.28. The van der Waals surface area contributed by atoms with Crippen LogP contribution in [0.3, 0.4) is 0 Å². The number of carboxylic acid groups (broad SMARTS) is 1. The summed E-state index contributed by atoms with van der Waals surface area (Å²) in [6.45, 7) is 5.01. The van der Waals surface area contributed by atoms with E-state index in [1.54, 1.807) is 13.8 Å². The molecule has 5 atom stereocenters. The fraction of sp³-hybridized carbons (Fsp3) is 0.714. The predicted molar refractivity (Wildman–Crippen MR) is 138 cm³/mol. The molecule has 0 aliphatic heterocycles. The van der Waals surface area contributed by atoms with Gasteiger partial charge in [0, 0.05) is 13.1 Å². The average molecular weight is 531 g/mol. The van der Waals surface area contributed by atoms with Crippen LogP contribution in [0.4, 0.5) is 0 Å². The lowest BCUT2D eigenvalue weighted by Crippen LogP contribution is -2.59. The largest absolute Gasteiger partial charge is 0.480 e. The van der Waals surface area contributed by atoms with E-state index in [1.807, 2.05) is 0 Å². The number of aliphatic imine (C=N–C) groups is 2. The zero-order valence-corrected chi connectivity index (χ0v) is 21.5. The van der Waals surface area contributed by atoms with E-state index in [0.29, 0.717) is 12.8 Å². The minimum absolute atomic E-state index is 0.0529. The minimum Gasteiger partial charge on any atom is -0.480 e. The molecule has 0 aliphatic carbocycles. The standard InChI is InChI=1S/C21H42N10O6/c1-10(2)15(18(35)30-13(19(36)37)7-5-9-28-21(25)26)31-16(33)12(6-4-8-27-20(23)24)29-17(34)14(22)11(3)32/h10-15,32H,4-9,22H2,1-3H3,(H,29,34)(H,30,35)(H,31,33)(H,36,37)(H4,23,24,27)(H4,25,26,28). The zero-order valence-electron chi connectivity index (χ0n) is 21.5. The quantitative estimate of drug-likeness (QED) is 0.0490. The number of aliphatic carboxylic acids is 1. The van der Waals surface area contributed by atoms with Gasteiger partial charge in [-0.3, -0.25) is 24.4 Å². The first-order valence-corrected chi connectivity index (χ1v) is 11.9. The normalized spacial score (nSPS) is 14.9. The SMILES string of the molecule is CC(C)C(NC(=O)C(CCCN=C(N)N)NC(=O)C(N)C(C)O)C(=O)NC(CCCN=C(N)N)C(=O)O. The van der Waals surface area contributed by atoms with Crippen molar-refractivity contribution in [3.8, 4) is 0 Å². The van der Waals surface area contributed by atoms with Crippen molar-refractivity contribution in [2.75, 3.05) is 13.1 Å². The first-order chi connectivity index (χ1) is 17.2. The average Bonchev–Trinajstić information content (AvgIpc) is 2.79. The lowest BCUT2D eigenvalue weighted by atomic mass is 10.0. The van der Waals surface area contributed by atoms with Gasteiger partial charge in [-0.05, 0) is 38.5 Å². The van der Waals surface area contributed by atoms with Gasteiger partial charge in [0.25, 0.3) is 0 Å². The van der Waals surface area contributed by atoms with Crippen LogP contribution in [-0.4, -0.2) is 89.2 Å². The number of nitrogens with two attached hydrogens (primary N) is 5. The van der Waals surface area contributed by atoms with E-state index >= 15 is 0 Å². The molecule has 3 amide bonds. The van der Waals surface area contributed by atoms with Gasteiger partial charge in [-0.15, -0.1) is 0 Å². The summed E-state index contributed by atoms with van der Waals surface area (Å²) in [5.41, 5.74) is 26.7. The third-order valence-electron chi connectivity index (χ3n) is 5.21. The molecule has 0 aromatic carbocycles. The molecule has 16 heteroatoms. The van der Waals surface area contributed by atoms with Gasteiger partial charge < -0.3 is 54.8 Å². The first-order valence-electron chi connectivity index (χ1n) is 11.9. The number of amides is 3. The fourth-order valence-electron chi connectivity index (χ4n) is 3.07. The summed E-state index contributed by atoms with van der Waals surface area (Å²) >= 11 is 0. The van der Waals surface area contributed by atoms with E-state index in [1.165, 1.54) is 6.92 Å². The van der Waals surface area contributed by atoms with Crippen LogP contribution < -0.4 is 44.6 Å². The Labute approximate surface area is 215 Å². The Morgan fingerprint density at radius 1 is 0.757 bits per heavy atom. The van der Waals surface area contributed by atoms with Crippen LogP contribution in [0.25, 0.3) is 0 Å². The molecule has 5 unspecified atom stereocenters. The van der Waals surface area contributed by atoms with E-state index in [0.717, 1.165) is 0 Å². The number of nitrogens with one attached hydrogen (secondary N) is 3. The van der Waals surface area contributed by atoms with Crippen molar-refractivity contribution in [2.24, 2.45) is 44.6 Å². The van der Waals surface area contributed by atoms with Gasteiger partial charge >= 0.3 is 5.97 Å². The maximum Gasteiger partial charge on any atom is 0.326 e. The Balaban J connectivity index is 5.49. The van der Waals surface area contributed by atoms with E-state index in [-0.39, 0.29) is 37.9 Å². The Morgan fingerprint density at radius 2 is 1.22 bits per heavy atom. The molecule has 16 nitrogen and oxygen atoms in total. The van der Waals surface area contributed by atoms with Crippen LogP contribution in [-0.2, 0) is 19.2 Å². The van der Waals surface area contributed by atoms with Crippen LogP contribution in [0, 0.1) is 5.92 Å². The maximum absolute atomic E-state index is 13.1. The number of carbonyl (C=O) groups excluding carboxylic acids is 3. The van der Waals surface area contributed by atoms with E-state index < -0.39 is 59.9 Å². The molecule has 0 bridgehead atoms. The van der Waals surface area contributed by atoms with Crippen molar-refractivity contribution in [3.63, 3.8) is 0 Å². The number of aliphatic hydroxyl groups excluding tert-OH is 1. The zero-order chi connectivity index (χ0) is 28.7. The van der Waals surface area contributed by atoms with Crippen LogP contribution in [0.2, 0.25) is 0 Å². The second kappa shape index (κ2) is 16.9. The van der Waals surface area contributed by atoms with E-state index in [4.69, 9.17) is 28.7 Å². The van der Waals surface area contributed by atoms with Crippen molar-refractivity contribution in [3.05, 3.63) is 0 Å². The highest BCUT2D eigenvalue weighted by molar-refractivity contribution is 5.94. The molecule has 15 N–H and O–H groups in total. The lowest BCUT2D eigenvalue weighted by Gasteiger charge is -2.27. The number of rotatable bonds is 17. The molecule has 0 aromatic rings. The van der Waals surface area contributed by atoms with Gasteiger partial charge in [0.05, 0.1) is 6.10 Å².